The summed E-state index contributed by atoms with van der Waals surface area (Å²) in [6.07, 6.45) is 0.586. The fourth-order valence-corrected chi connectivity index (χ4v) is 1.65. The van der Waals surface area contributed by atoms with Gasteiger partial charge in [0.2, 0.25) is 6.29 Å². The first kappa shape index (κ1) is 9.52. The highest BCUT2D eigenvalue weighted by Gasteiger charge is 2.39. The molecule has 12 heavy (non-hydrogen) atoms. The van der Waals surface area contributed by atoms with E-state index in [0.717, 1.165) is 6.42 Å². The number of rotatable bonds is 1. The van der Waals surface area contributed by atoms with Crippen molar-refractivity contribution in [2.45, 2.75) is 46.0 Å². The number of carbonyl (C=O) groups is 1. The van der Waals surface area contributed by atoms with Crippen LogP contribution < -0.4 is 0 Å². The van der Waals surface area contributed by atoms with E-state index in [1.54, 1.807) is 0 Å². The minimum absolute atomic E-state index is 0.153. The Balaban J connectivity index is 2.52. The minimum atomic E-state index is -0.350. The summed E-state index contributed by atoms with van der Waals surface area (Å²) in [5.41, 5.74) is -0.153. The first-order valence-electron chi connectivity index (χ1n) is 4.26. The molecule has 0 N–H and O–H groups in total. The fraction of sp³-hybridized carbons (Fsp3) is 0.889. The van der Waals surface area contributed by atoms with Gasteiger partial charge in [0, 0.05) is 12.8 Å². The Labute approximate surface area is 73.0 Å². The summed E-state index contributed by atoms with van der Waals surface area (Å²) >= 11 is 0. The molecule has 1 unspecified atom stereocenters. The summed E-state index contributed by atoms with van der Waals surface area (Å²) < 4.78 is 10.5. The van der Waals surface area contributed by atoms with Crippen molar-refractivity contribution in [3.63, 3.8) is 0 Å². The van der Waals surface area contributed by atoms with Crippen LogP contribution in [0.15, 0.2) is 0 Å². The largest absolute Gasteiger partial charge is 0.436 e. The van der Waals surface area contributed by atoms with E-state index in [1.165, 1.54) is 6.92 Å². The molecule has 0 radical (unpaired) electrons. The van der Waals surface area contributed by atoms with Crippen LogP contribution in [0.4, 0.5) is 0 Å². The van der Waals surface area contributed by atoms with Crippen molar-refractivity contribution in [3.8, 4) is 0 Å². The lowest BCUT2D eigenvalue weighted by atomic mass is 9.99. The molecule has 0 saturated carbocycles. The molecule has 0 amide bonds. The van der Waals surface area contributed by atoms with Crippen molar-refractivity contribution < 1.29 is 14.3 Å². The van der Waals surface area contributed by atoms with Gasteiger partial charge in [0.05, 0.1) is 5.60 Å². The molecular formula is C9H16O3. The molecule has 0 aromatic carbocycles. The Bertz CT molecular complexity index is 186. The zero-order valence-corrected chi connectivity index (χ0v) is 8.09. The second-order valence-corrected chi connectivity index (χ2v) is 4.04. The van der Waals surface area contributed by atoms with E-state index < -0.39 is 0 Å². The molecule has 3 heteroatoms. The van der Waals surface area contributed by atoms with Crippen molar-refractivity contribution in [2.75, 3.05) is 0 Å². The summed E-state index contributed by atoms with van der Waals surface area (Å²) in [5, 5.41) is 0. The minimum Gasteiger partial charge on any atom is -0.436 e. The van der Waals surface area contributed by atoms with E-state index in [-0.39, 0.29) is 17.9 Å². The Morgan fingerprint density at radius 1 is 1.58 bits per heavy atom. The second kappa shape index (κ2) is 3.05. The van der Waals surface area contributed by atoms with Gasteiger partial charge in [-0.15, -0.1) is 0 Å². The van der Waals surface area contributed by atoms with Crippen LogP contribution in [-0.2, 0) is 14.3 Å². The van der Waals surface area contributed by atoms with Crippen LogP contribution in [0.1, 0.15) is 34.1 Å². The molecular weight excluding hydrogens is 156 g/mol. The normalized spacial score (nSPS) is 33.3. The second-order valence-electron chi connectivity index (χ2n) is 4.04. The highest BCUT2D eigenvalue weighted by Crippen LogP contribution is 2.34. The lowest BCUT2D eigenvalue weighted by molar-refractivity contribution is -0.186. The van der Waals surface area contributed by atoms with Gasteiger partial charge >= 0.3 is 5.97 Å². The molecule has 1 rings (SSSR count). The van der Waals surface area contributed by atoms with E-state index in [4.69, 9.17) is 9.47 Å². The predicted octanol–water partition coefficient (Wildman–Crippen LogP) is 1.71. The summed E-state index contributed by atoms with van der Waals surface area (Å²) in [4.78, 5) is 10.7. The maximum atomic E-state index is 10.7. The first-order chi connectivity index (χ1) is 5.41. The molecule has 0 aliphatic carbocycles. The van der Waals surface area contributed by atoms with Crippen LogP contribution in [0.25, 0.3) is 0 Å². The standard InChI is InChI=1S/C9H16O3/c1-6-5-9(3,4)12-8(6)11-7(2)10/h6,8H,5H2,1-4H3/t6-,8?/m0/s1. The molecule has 1 heterocycles. The van der Waals surface area contributed by atoms with Crippen LogP contribution in [0, 0.1) is 5.92 Å². The molecule has 1 saturated heterocycles. The third kappa shape index (κ3) is 2.21. The van der Waals surface area contributed by atoms with Crippen LogP contribution in [0.2, 0.25) is 0 Å². The monoisotopic (exact) mass is 172 g/mol. The number of hydrogen-bond donors (Lipinski definition) is 0. The molecule has 1 aliphatic heterocycles. The zero-order chi connectivity index (χ0) is 9.35. The number of hydrogen-bond acceptors (Lipinski definition) is 3. The van der Waals surface area contributed by atoms with Crippen molar-refractivity contribution in [1.82, 2.24) is 0 Å². The van der Waals surface area contributed by atoms with Gasteiger partial charge in [-0.25, -0.2) is 0 Å². The van der Waals surface area contributed by atoms with Crippen LogP contribution in [-0.4, -0.2) is 17.9 Å². The Morgan fingerprint density at radius 3 is 2.50 bits per heavy atom. The molecule has 3 nitrogen and oxygen atoms in total. The lowest BCUT2D eigenvalue weighted by Crippen LogP contribution is -2.24. The molecule has 1 aliphatic rings. The average molecular weight is 172 g/mol. The zero-order valence-electron chi connectivity index (χ0n) is 8.09. The van der Waals surface area contributed by atoms with Gasteiger partial charge in [0.15, 0.2) is 0 Å². The molecule has 2 atom stereocenters. The summed E-state index contributed by atoms with van der Waals surface area (Å²) in [5.74, 6) is 0.0217. The van der Waals surface area contributed by atoms with E-state index in [2.05, 4.69) is 0 Å². The van der Waals surface area contributed by atoms with Crippen LogP contribution in [0.5, 0.6) is 0 Å². The summed E-state index contributed by atoms with van der Waals surface area (Å²) in [6, 6.07) is 0. The Hall–Kier alpha value is -0.570. The molecule has 70 valence electrons. The first-order valence-corrected chi connectivity index (χ1v) is 4.26. The van der Waals surface area contributed by atoms with Crippen molar-refractivity contribution in [1.29, 1.82) is 0 Å². The lowest BCUT2D eigenvalue weighted by Gasteiger charge is -2.18. The molecule has 0 aromatic heterocycles. The van der Waals surface area contributed by atoms with E-state index in [0.29, 0.717) is 5.92 Å². The highest BCUT2D eigenvalue weighted by atomic mass is 16.7. The Kier molecular flexibility index (Phi) is 2.42. The van der Waals surface area contributed by atoms with Gasteiger partial charge in [-0.3, -0.25) is 4.79 Å². The smallest absolute Gasteiger partial charge is 0.304 e. The number of carbonyl (C=O) groups excluding carboxylic acids is 1. The molecule has 1 fully saturated rings. The predicted molar refractivity (Wildman–Crippen MR) is 44.5 cm³/mol. The van der Waals surface area contributed by atoms with Crippen LogP contribution >= 0.6 is 0 Å². The number of ether oxygens (including phenoxy) is 2. The van der Waals surface area contributed by atoms with Crippen LogP contribution in [0.3, 0.4) is 0 Å². The average Bonchev–Trinajstić information content (AvgIpc) is 2.03. The maximum Gasteiger partial charge on any atom is 0.304 e. The maximum absolute atomic E-state index is 10.7. The van der Waals surface area contributed by atoms with Gasteiger partial charge < -0.3 is 9.47 Å². The van der Waals surface area contributed by atoms with E-state index in [9.17, 15) is 4.79 Å². The molecule has 0 aromatic rings. The van der Waals surface area contributed by atoms with Gasteiger partial charge in [0.25, 0.3) is 0 Å². The van der Waals surface area contributed by atoms with Gasteiger partial charge in [0.1, 0.15) is 0 Å². The SMILES string of the molecule is CC(=O)OC1OC(C)(C)C[C@@H]1C. The quantitative estimate of drug-likeness (QED) is 0.565. The van der Waals surface area contributed by atoms with E-state index in [1.807, 2.05) is 20.8 Å². The van der Waals surface area contributed by atoms with Crippen molar-refractivity contribution in [2.24, 2.45) is 5.92 Å². The molecule has 0 bridgehead atoms. The van der Waals surface area contributed by atoms with Gasteiger partial charge in [-0.2, -0.15) is 0 Å². The van der Waals surface area contributed by atoms with E-state index >= 15 is 0 Å². The molecule has 0 spiro atoms. The van der Waals surface area contributed by atoms with Gasteiger partial charge in [-0.05, 0) is 20.3 Å². The van der Waals surface area contributed by atoms with Crippen molar-refractivity contribution in [3.05, 3.63) is 0 Å². The third-order valence-corrected chi connectivity index (χ3v) is 2.00. The topological polar surface area (TPSA) is 35.5 Å². The third-order valence-electron chi connectivity index (χ3n) is 2.00. The van der Waals surface area contributed by atoms with Gasteiger partial charge in [-0.1, -0.05) is 6.92 Å². The van der Waals surface area contributed by atoms with Crippen molar-refractivity contribution >= 4 is 5.97 Å². The number of esters is 1. The Morgan fingerprint density at radius 2 is 2.17 bits per heavy atom. The summed E-state index contributed by atoms with van der Waals surface area (Å²) in [6.45, 7) is 7.45. The fourth-order valence-electron chi connectivity index (χ4n) is 1.65. The highest BCUT2D eigenvalue weighted by molar-refractivity contribution is 5.66. The summed E-state index contributed by atoms with van der Waals surface area (Å²) in [7, 11) is 0.